The number of carbonyl (C=O) groups is 1. The molecule has 0 spiro atoms. The van der Waals surface area contributed by atoms with E-state index in [0.29, 0.717) is 29.0 Å². The van der Waals surface area contributed by atoms with Crippen LogP contribution in [0.2, 0.25) is 0 Å². The molecule has 0 aromatic heterocycles. The lowest BCUT2D eigenvalue weighted by Gasteiger charge is -2.14. The van der Waals surface area contributed by atoms with Crippen LogP contribution in [0, 0.1) is 22.7 Å². The van der Waals surface area contributed by atoms with Crippen molar-refractivity contribution in [3.05, 3.63) is 65.2 Å². The molecule has 3 rings (SSSR count). The van der Waals surface area contributed by atoms with Gasteiger partial charge in [-0.05, 0) is 41.0 Å². The standard InChI is InChI=1S/C20H15N3O2/c1-13(9-21)11-23-12-19-17(4-3-5-18(19)20(23)24)15-6-14(10-22)7-16(8-15)25-2/h3-8H,1,11-12H2,2H3. The molecule has 0 saturated carbocycles. The van der Waals surface area contributed by atoms with E-state index in [1.54, 1.807) is 30.2 Å². The molecule has 0 bridgehead atoms. The number of benzene rings is 2. The van der Waals surface area contributed by atoms with Crippen LogP contribution in [0.15, 0.2) is 48.6 Å². The minimum Gasteiger partial charge on any atom is -0.497 e. The summed E-state index contributed by atoms with van der Waals surface area (Å²) in [5.41, 5.74) is 4.04. The summed E-state index contributed by atoms with van der Waals surface area (Å²) in [7, 11) is 1.55. The van der Waals surface area contributed by atoms with E-state index in [-0.39, 0.29) is 12.5 Å². The highest BCUT2D eigenvalue weighted by atomic mass is 16.5. The van der Waals surface area contributed by atoms with Crippen molar-refractivity contribution in [2.75, 3.05) is 13.7 Å². The zero-order valence-corrected chi connectivity index (χ0v) is 13.7. The Morgan fingerprint density at radius 2 is 2.04 bits per heavy atom. The van der Waals surface area contributed by atoms with Crippen molar-refractivity contribution in [2.24, 2.45) is 0 Å². The molecule has 1 aliphatic rings. The third kappa shape index (κ3) is 2.96. The predicted molar refractivity (Wildman–Crippen MR) is 92.6 cm³/mol. The van der Waals surface area contributed by atoms with Gasteiger partial charge in [0, 0.05) is 17.7 Å². The van der Waals surface area contributed by atoms with Gasteiger partial charge in [-0.25, -0.2) is 0 Å². The minimum absolute atomic E-state index is 0.114. The summed E-state index contributed by atoms with van der Waals surface area (Å²) in [6, 6.07) is 14.9. The molecule has 2 aromatic rings. The first-order chi connectivity index (χ1) is 12.1. The summed E-state index contributed by atoms with van der Waals surface area (Å²) in [4.78, 5) is 14.2. The Labute approximate surface area is 146 Å². The molecule has 0 N–H and O–H groups in total. The number of nitrogens with zero attached hydrogens (tertiary/aromatic N) is 3. The monoisotopic (exact) mass is 329 g/mol. The van der Waals surface area contributed by atoms with Gasteiger partial charge in [0.25, 0.3) is 5.91 Å². The maximum absolute atomic E-state index is 12.6. The fraction of sp³-hybridized carbons (Fsp3) is 0.150. The third-order valence-electron chi connectivity index (χ3n) is 4.16. The van der Waals surface area contributed by atoms with Crippen LogP contribution in [0.4, 0.5) is 0 Å². The zero-order valence-electron chi connectivity index (χ0n) is 13.7. The molecule has 1 amide bonds. The first-order valence-corrected chi connectivity index (χ1v) is 7.66. The molecule has 2 aromatic carbocycles. The van der Waals surface area contributed by atoms with Crippen LogP contribution in [-0.2, 0) is 6.54 Å². The highest BCUT2D eigenvalue weighted by molar-refractivity contribution is 6.00. The molecule has 0 atom stereocenters. The van der Waals surface area contributed by atoms with Crippen LogP contribution in [0.5, 0.6) is 5.75 Å². The highest BCUT2D eigenvalue weighted by Gasteiger charge is 2.29. The Bertz CT molecular complexity index is 964. The number of nitriles is 2. The molecule has 0 unspecified atom stereocenters. The minimum atomic E-state index is -0.114. The summed E-state index contributed by atoms with van der Waals surface area (Å²) in [6.45, 7) is 4.27. The Balaban J connectivity index is 2.06. The van der Waals surface area contributed by atoms with Gasteiger partial charge in [0.15, 0.2) is 0 Å². The topological polar surface area (TPSA) is 77.1 Å². The van der Waals surface area contributed by atoms with E-state index >= 15 is 0 Å². The predicted octanol–water partition coefficient (Wildman–Crippen LogP) is 3.27. The fourth-order valence-corrected chi connectivity index (χ4v) is 2.99. The Hall–Kier alpha value is -3.57. The van der Waals surface area contributed by atoms with E-state index < -0.39 is 0 Å². The fourth-order valence-electron chi connectivity index (χ4n) is 2.99. The summed E-state index contributed by atoms with van der Waals surface area (Å²) >= 11 is 0. The van der Waals surface area contributed by atoms with Gasteiger partial charge in [-0.2, -0.15) is 10.5 Å². The van der Waals surface area contributed by atoms with Gasteiger partial charge >= 0.3 is 0 Å². The molecular weight excluding hydrogens is 314 g/mol. The maximum atomic E-state index is 12.6. The molecule has 5 heteroatoms. The number of carbonyl (C=O) groups excluding carboxylic acids is 1. The van der Waals surface area contributed by atoms with Crippen molar-refractivity contribution in [2.45, 2.75) is 6.54 Å². The first-order valence-electron chi connectivity index (χ1n) is 7.66. The van der Waals surface area contributed by atoms with Crippen LogP contribution in [0.25, 0.3) is 11.1 Å². The van der Waals surface area contributed by atoms with Crippen molar-refractivity contribution in [3.63, 3.8) is 0 Å². The van der Waals surface area contributed by atoms with Crippen LogP contribution in [-0.4, -0.2) is 24.5 Å². The van der Waals surface area contributed by atoms with Gasteiger partial charge in [0.05, 0.1) is 31.4 Å². The van der Waals surface area contributed by atoms with Crippen molar-refractivity contribution in [1.82, 2.24) is 4.90 Å². The highest BCUT2D eigenvalue weighted by Crippen LogP contribution is 2.34. The number of fused-ring (bicyclic) bond motifs is 1. The van der Waals surface area contributed by atoms with E-state index in [0.717, 1.165) is 16.7 Å². The number of hydrogen-bond acceptors (Lipinski definition) is 4. The summed E-state index contributed by atoms with van der Waals surface area (Å²) in [6.07, 6.45) is 0. The largest absolute Gasteiger partial charge is 0.497 e. The van der Waals surface area contributed by atoms with E-state index in [9.17, 15) is 10.1 Å². The van der Waals surface area contributed by atoms with Gasteiger partial charge < -0.3 is 9.64 Å². The van der Waals surface area contributed by atoms with Crippen molar-refractivity contribution < 1.29 is 9.53 Å². The number of methoxy groups -OCH3 is 1. The average Bonchev–Trinajstić information content (AvgIpc) is 2.96. The van der Waals surface area contributed by atoms with Crippen molar-refractivity contribution >= 4 is 5.91 Å². The second-order valence-corrected chi connectivity index (χ2v) is 5.77. The lowest BCUT2D eigenvalue weighted by atomic mass is 9.95. The SMILES string of the molecule is C=C(C#N)CN1Cc2c(cccc2-c2cc(C#N)cc(OC)c2)C1=O. The van der Waals surface area contributed by atoms with Crippen molar-refractivity contribution in [1.29, 1.82) is 10.5 Å². The van der Waals surface area contributed by atoms with Crippen LogP contribution < -0.4 is 4.74 Å². The van der Waals surface area contributed by atoms with Gasteiger partial charge in [0.1, 0.15) is 5.75 Å². The lowest BCUT2D eigenvalue weighted by molar-refractivity contribution is 0.0794. The Kier molecular flexibility index (Phi) is 4.24. The number of hydrogen-bond donors (Lipinski definition) is 0. The molecule has 122 valence electrons. The zero-order chi connectivity index (χ0) is 18.0. The molecule has 1 aliphatic heterocycles. The van der Waals surface area contributed by atoms with Crippen LogP contribution in [0.1, 0.15) is 21.5 Å². The molecule has 0 saturated heterocycles. The normalized spacial score (nSPS) is 12.3. The van der Waals surface area contributed by atoms with Crippen molar-refractivity contribution in [3.8, 4) is 29.0 Å². The second-order valence-electron chi connectivity index (χ2n) is 5.77. The smallest absolute Gasteiger partial charge is 0.254 e. The average molecular weight is 329 g/mol. The molecule has 0 aliphatic carbocycles. The van der Waals surface area contributed by atoms with Crippen LogP contribution >= 0.6 is 0 Å². The van der Waals surface area contributed by atoms with Crippen LogP contribution in [0.3, 0.4) is 0 Å². The van der Waals surface area contributed by atoms with Gasteiger partial charge in [-0.15, -0.1) is 0 Å². The number of amides is 1. The quantitative estimate of drug-likeness (QED) is 0.807. The Morgan fingerprint density at radius 3 is 2.72 bits per heavy atom. The van der Waals surface area contributed by atoms with Gasteiger partial charge in [-0.1, -0.05) is 18.7 Å². The second kappa shape index (κ2) is 6.51. The molecule has 0 fully saturated rings. The van der Waals surface area contributed by atoms with E-state index in [4.69, 9.17) is 10.00 Å². The maximum Gasteiger partial charge on any atom is 0.254 e. The van der Waals surface area contributed by atoms with E-state index in [1.165, 1.54) is 0 Å². The summed E-state index contributed by atoms with van der Waals surface area (Å²) in [5.74, 6) is 0.474. The lowest BCUT2D eigenvalue weighted by Crippen LogP contribution is -2.25. The van der Waals surface area contributed by atoms with Gasteiger partial charge in [-0.3, -0.25) is 4.79 Å². The Morgan fingerprint density at radius 1 is 1.28 bits per heavy atom. The van der Waals surface area contributed by atoms with E-state index in [2.05, 4.69) is 12.6 Å². The summed E-state index contributed by atoms with van der Waals surface area (Å²) in [5, 5.41) is 18.1. The third-order valence-corrected chi connectivity index (χ3v) is 4.16. The number of ether oxygens (including phenoxy) is 1. The molecular formula is C20H15N3O2. The number of rotatable bonds is 4. The van der Waals surface area contributed by atoms with Gasteiger partial charge in [0.2, 0.25) is 0 Å². The van der Waals surface area contributed by atoms with E-state index in [1.807, 2.05) is 24.3 Å². The molecule has 5 nitrogen and oxygen atoms in total. The first kappa shape index (κ1) is 16.3. The molecule has 1 heterocycles. The molecule has 0 radical (unpaired) electrons. The summed E-state index contributed by atoms with van der Waals surface area (Å²) < 4.78 is 5.27. The molecule has 25 heavy (non-hydrogen) atoms.